The molecule has 0 aromatic heterocycles. The highest BCUT2D eigenvalue weighted by Gasteiger charge is 2.25. The molecule has 1 aromatic rings. The summed E-state index contributed by atoms with van der Waals surface area (Å²) in [6, 6.07) is 8.16. The van der Waals surface area contributed by atoms with E-state index in [1.165, 1.54) is 6.42 Å². The Morgan fingerprint density at radius 2 is 2.28 bits per heavy atom. The van der Waals surface area contributed by atoms with Crippen molar-refractivity contribution >= 4 is 21.8 Å². The minimum absolute atomic E-state index is 0.197. The third-order valence-corrected chi connectivity index (χ3v) is 3.96. The molecule has 1 atom stereocenters. The summed E-state index contributed by atoms with van der Waals surface area (Å²) in [6.07, 6.45) is 3.79. The van der Waals surface area contributed by atoms with Gasteiger partial charge in [0, 0.05) is 23.6 Å². The lowest BCUT2D eigenvalue weighted by molar-refractivity contribution is -0.133. The minimum atomic E-state index is 0.197. The highest BCUT2D eigenvalue weighted by Crippen LogP contribution is 2.18. The maximum atomic E-state index is 12.3. The first-order valence-electron chi connectivity index (χ1n) is 6.44. The van der Waals surface area contributed by atoms with Gasteiger partial charge in [-0.3, -0.25) is 4.79 Å². The van der Waals surface area contributed by atoms with Gasteiger partial charge in [-0.25, -0.2) is 0 Å². The van der Waals surface area contributed by atoms with Crippen LogP contribution in [0.5, 0.6) is 0 Å². The van der Waals surface area contributed by atoms with Crippen LogP contribution in [0.3, 0.4) is 0 Å². The molecule has 2 N–H and O–H groups in total. The van der Waals surface area contributed by atoms with Crippen LogP contribution in [0.25, 0.3) is 0 Å². The molecule has 4 heteroatoms. The third kappa shape index (κ3) is 3.33. The molecule has 1 aromatic carbocycles. The van der Waals surface area contributed by atoms with Crippen LogP contribution < -0.4 is 5.73 Å². The molecular weight excluding hydrogens is 292 g/mol. The van der Waals surface area contributed by atoms with Crippen molar-refractivity contribution in [3.8, 4) is 0 Å². The normalized spacial score (nSPS) is 19.9. The van der Waals surface area contributed by atoms with E-state index in [0.717, 1.165) is 29.4 Å². The number of hydrogen-bond acceptors (Lipinski definition) is 2. The zero-order chi connectivity index (χ0) is 13.0. The fourth-order valence-corrected chi connectivity index (χ4v) is 2.94. The predicted octanol–water partition coefficient (Wildman–Crippen LogP) is 2.33. The number of carbonyl (C=O) groups is 1. The maximum Gasteiger partial charge on any atom is 0.227 e. The van der Waals surface area contributed by atoms with Gasteiger partial charge >= 0.3 is 0 Å². The average Bonchev–Trinajstić information content (AvgIpc) is 2.38. The largest absolute Gasteiger partial charge is 0.338 e. The van der Waals surface area contributed by atoms with Gasteiger partial charge < -0.3 is 10.6 Å². The van der Waals surface area contributed by atoms with Crippen LogP contribution in [0.1, 0.15) is 24.8 Å². The third-order valence-electron chi connectivity index (χ3n) is 3.46. The van der Waals surface area contributed by atoms with Gasteiger partial charge in [0.2, 0.25) is 5.91 Å². The van der Waals surface area contributed by atoms with E-state index in [9.17, 15) is 4.79 Å². The predicted molar refractivity (Wildman–Crippen MR) is 76.3 cm³/mol. The monoisotopic (exact) mass is 310 g/mol. The summed E-state index contributed by atoms with van der Waals surface area (Å²) in [5.41, 5.74) is 6.80. The van der Waals surface area contributed by atoms with E-state index < -0.39 is 0 Å². The molecule has 1 fully saturated rings. The molecule has 0 saturated carbocycles. The van der Waals surface area contributed by atoms with Crippen LogP contribution in [0.4, 0.5) is 0 Å². The van der Waals surface area contributed by atoms with Crippen molar-refractivity contribution in [1.29, 1.82) is 0 Å². The smallest absolute Gasteiger partial charge is 0.227 e. The fourth-order valence-electron chi connectivity index (χ4n) is 2.50. The number of amides is 1. The van der Waals surface area contributed by atoms with Gasteiger partial charge in [-0.1, -0.05) is 28.1 Å². The highest BCUT2D eigenvalue weighted by molar-refractivity contribution is 9.10. The zero-order valence-corrected chi connectivity index (χ0v) is 12.0. The van der Waals surface area contributed by atoms with E-state index in [2.05, 4.69) is 15.9 Å². The van der Waals surface area contributed by atoms with E-state index in [4.69, 9.17) is 5.73 Å². The summed E-state index contributed by atoms with van der Waals surface area (Å²) in [5, 5.41) is 0. The standard InChI is InChI=1S/C14H19BrN2O/c15-12-5-3-4-11(8-12)9-14(18)17-7-2-1-6-13(17)10-16/h3-5,8,13H,1-2,6-7,9-10,16H2/t13-/m1/s1. The molecule has 98 valence electrons. The number of rotatable bonds is 3. The van der Waals surface area contributed by atoms with E-state index in [0.29, 0.717) is 13.0 Å². The van der Waals surface area contributed by atoms with Crippen molar-refractivity contribution in [2.24, 2.45) is 5.73 Å². The lowest BCUT2D eigenvalue weighted by atomic mass is 10.0. The molecule has 0 spiro atoms. The summed E-state index contributed by atoms with van der Waals surface area (Å²) in [7, 11) is 0. The second-order valence-corrected chi connectivity index (χ2v) is 5.69. The van der Waals surface area contributed by atoms with Gasteiger partial charge in [-0.15, -0.1) is 0 Å². The van der Waals surface area contributed by atoms with Crippen LogP contribution in [-0.4, -0.2) is 29.9 Å². The molecule has 3 nitrogen and oxygen atoms in total. The number of likely N-dealkylation sites (tertiary alicyclic amines) is 1. The van der Waals surface area contributed by atoms with Crippen LogP contribution in [0, 0.1) is 0 Å². The average molecular weight is 311 g/mol. The molecule has 0 aliphatic carbocycles. The Morgan fingerprint density at radius 1 is 1.44 bits per heavy atom. The molecular formula is C14H19BrN2O. The fraction of sp³-hybridized carbons (Fsp3) is 0.500. The summed E-state index contributed by atoms with van der Waals surface area (Å²) in [4.78, 5) is 14.3. The Kier molecular flexibility index (Phi) is 4.78. The second-order valence-electron chi connectivity index (χ2n) is 4.78. The number of nitrogens with two attached hydrogens (primary N) is 1. The number of carbonyl (C=O) groups excluding carboxylic acids is 1. The maximum absolute atomic E-state index is 12.3. The molecule has 1 amide bonds. The van der Waals surface area contributed by atoms with Gasteiger partial charge in [0.15, 0.2) is 0 Å². The van der Waals surface area contributed by atoms with Crippen molar-refractivity contribution in [1.82, 2.24) is 4.90 Å². The van der Waals surface area contributed by atoms with Gasteiger partial charge in [-0.2, -0.15) is 0 Å². The summed E-state index contributed by atoms with van der Waals surface area (Å²) in [5.74, 6) is 0.197. The first kappa shape index (κ1) is 13.6. The van der Waals surface area contributed by atoms with E-state index in [1.807, 2.05) is 29.2 Å². The molecule has 0 radical (unpaired) electrons. The summed E-state index contributed by atoms with van der Waals surface area (Å²) >= 11 is 3.43. The first-order valence-corrected chi connectivity index (χ1v) is 7.24. The summed E-state index contributed by atoms with van der Waals surface area (Å²) in [6.45, 7) is 1.43. The van der Waals surface area contributed by atoms with Crippen LogP contribution in [0.2, 0.25) is 0 Å². The van der Waals surface area contributed by atoms with Crippen molar-refractivity contribution in [2.45, 2.75) is 31.7 Å². The number of piperidine rings is 1. The van der Waals surface area contributed by atoms with Crippen molar-refractivity contribution < 1.29 is 4.79 Å². The van der Waals surface area contributed by atoms with Crippen molar-refractivity contribution in [2.75, 3.05) is 13.1 Å². The quantitative estimate of drug-likeness (QED) is 0.931. The van der Waals surface area contributed by atoms with Gasteiger partial charge in [0.05, 0.1) is 6.42 Å². The molecule has 1 saturated heterocycles. The number of hydrogen-bond donors (Lipinski definition) is 1. The molecule has 1 aliphatic rings. The molecule has 18 heavy (non-hydrogen) atoms. The Hall–Kier alpha value is -0.870. The Morgan fingerprint density at radius 3 is 3.00 bits per heavy atom. The second kappa shape index (κ2) is 6.34. The zero-order valence-electron chi connectivity index (χ0n) is 10.4. The lowest BCUT2D eigenvalue weighted by Crippen LogP contribution is -2.48. The Bertz CT molecular complexity index is 422. The molecule has 1 aliphatic heterocycles. The Balaban J connectivity index is 2.02. The minimum Gasteiger partial charge on any atom is -0.338 e. The highest BCUT2D eigenvalue weighted by atomic mass is 79.9. The van der Waals surface area contributed by atoms with Crippen molar-refractivity contribution in [3.63, 3.8) is 0 Å². The first-order chi connectivity index (χ1) is 8.70. The number of benzene rings is 1. The SMILES string of the molecule is NC[C@H]1CCCCN1C(=O)Cc1cccc(Br)c1. The molecule has 0 unspecified atom stereocenters. The number of nitrogens with zero attached hydrogens (tertiary/aromatic N) is 1. The van der Waals surface area contributed by atoms with Crippen LogP contribution in [-0.2, 0) is 11.2 Å². The van der Waals surface area contributed by atoms with E-state index >= 15 is 0 Å². The topological polar surface area (TPSA) is 46.3 Å². The lowest BCUT2D eigenvalue weighted by Gasteiger charge is -2.35. The number of halogens is 1. The van der Waals surface area contributed by atoms with Gasteiger partial charge in [-0.05, 0) is 37.0 Å². The van der Waals surface area contributed by atoms with Gasteiger partial charge in [0.1, 0.15) is 0 Å². The van der Waals surface area contributed by atoms with E-state index in [-0.39, 0.29) is 11.9 Å². The molecule has 2 rings (SSSR count). The Labute approximate surface area is 116 Å². The van der Waals surface area contributed by atoms with Gasteiger partial charge in [0.25, 0.3) is 0 Å². The van der Waals surface area contributed by atoms with Crippen LogP contribution in [0.15, 0.2) is 28.7 Å². The molecule has 1 heterocycles. The van der Waals surface area contributed by atoms with Crippen LogP contribution >= 0.6 is 15.9 Å². The summed E-state index contributed by atoms with van der Waals surface area (Å²) < 4.78 is 1.02. The molecule has 0 bridgehead atoms. The van der Waals surface area contributed by atoms with E-state index in [1.54, 1.807) is 0 Å². The van der Waals surface area contributed by atoms with Crippen molar-refractivity contribution in [3.05, 3.63) is 34.3 Å².